The van der Waals surface area contributed by atoms with Crippen LogP contribution < -0.4 is 11.1 Å². The summed E-state index contributed by atoms with van der Waals surface area (Å²) in [5.41, 5.74) is 4.91. The summed E-state index contributed by atoms with van der Waals surface area (Å²) in [4.78, 5) is 16.7. The number of rotatable bonds is 7. The SMILES string of the molecule is CNC(C)(CCCN1CCC(N2CCCCC2)C1)C(N)=O. The van der Waals surface area contributed by atoms with Crippen LogP contribution in [0.15, 0.2) is 0 Å². The summed E-state index contributed by atoms with van der Waals surface area (Å²) in [6, 6.07) is 0.761. The van der Waals surface area contributed by atoms with Crippen LogP contribution in [-0.4, -0.2) is 67.1 Å². The number of nitrogens with zero attached hydrogens (tertiary/aromatic N) is 2. The Kier molecular flexibility index (Phi) is 6.02. The zero-order valence-electron chi connectivity index (χ0n) is 13.7. The van der Waals surface area contributed by atoms with Crippen molar-refractivity contribution in [2.24, 2.45) is 5.73 Å². The average molecular weight is 296 g/mol. The zero-order chi connectivity index (χ0) is 15.3. The Morgan fingerprint density at radius 1 is 1.29 bits per heavy atom. The molecule has 0 saturated carbocycles. The van der Waals surface area contributed by atoms with Crippen LogP contribution in [0, 0.1) is 0 Å². The summed E-state index contributed by atoms with van der Waals surface area (Å²) in [7, 11) is 1.81. The van der Waals surface area contributed by atoms with Crippen molar-refractivity contribution in [3.63, 3.8) is 0 Å². The van der Waals surface area contributed by atoms with E-state index >= 15 is 0 Å². The quantitative estimate of drug-likeness (QED) is 0.729. The van der Waals surface area contributed by atoms with E-state index in [1.165, 1.54) is 51.9 Å². The Morgan fingerprint density at radius 3 is 2.62 bits per heavy atom. The fraction of sp³-hybridized carbons (Fsp3) is 0.938. The first kappa shape index (κ1) is 16.7. The van der Waals surface area contributed by atoms with Crippen LogP contribution in [0.4, 0.5) is 0 Å². The lowest BCUT2D eigenvalue weighted by Crippen LogP contribution is -2.51. The van der Waals surface area contributed by atoms with Crippen LogP contribution in [0.1, 0.15) is 45.4 Å². The zero-order valence-corrected chi connectivity index (χ0v) is 13.7. The van der Waals surface area contributed by atoms with E-state index in [1.807, 2.05) is 14.0 Å². The van der Waals surface area contributed by atoms with E-state index in [0.29, 0.717) is 0 Å². The number of nitrogens with one attached hydrogen (secondary N) is 1. The molecule has 2 unspecified atom stereocenters. The normalized spacial score (nSPS) is 27.6. The standard InChI is InChI=1S/C16H32N4O/c1-16(18-2,15(17)21)8-6-9-19-12-7-14(13-19)20-10-4-3-5-11-20/h14,18H,3-13H2,1-2H3,(H2,17,21). The third kappa shape index (κ3) is 4.41. The first-order valence-electron chi connectivity index (χ1n) is 8.50. The smallest absolute Gasteiger partial charge is 0.237 e. The predicted octanol–water partition coefficient (Wildman–Crippen LogP) is 0.790. The molecule has 5 nitrogen and oxygen atoms in total. The molecule has 1 amide bonds. The molecule has 0 aromatic rings. The van der Waals surface area contributed by atoms with Gasteiger partial charge < -0.3 is 16.0 Å². The van der Waals surface area contributed by atoms with Crippen molar-refractivity contribution in [1.82, 2.24) is 15.1 Å². The Morgan fingerprint density at radius 2 is 2.00 bits per heavy atom. The van der Waals surface area contributed by atoms with Crippen molar-refractivity contribution in [1.29, 1.82) is 0 Å². The molecule has 0 radical (unpaired) electrons. The van der Waals surface area contributed by atoms with Crippen LogP contribution in [0.3, 0.4) is 0 Å². The number of amides is 1. The maximum absolute atomic E-state index is 11.5. The molecule has 5 heteroatoms. The summed E-state index contributed by atoms with van der Waals surface area (Å²) < 4.78 is 0. The number of nitrogens with two attached hydrogens (primary N) is 1. The number of hydrogen-bond acceptors (Lipinski definition) is 4. The monoisotopic (exact) mass is 296 g/mol. The molecule has 122 valence electrons. The number of hydrogen-bond donors (Lipinski definition) is 2. The molecule has 0 bridgehead atoms. The molecule has 21 heavy (non-hydrogen) atoms. The van der Waals surface area contributed by atoms with Gasteiger partial charge in [0.15, 0.2) is 0 Å². The maximum Gasteiger partial charge on any atom is 0.237 e. The topological polar surface area (TPSA) is 61.6 Å². The summed E-state index contributed by atoms with van der Waals surface area (Å²) in [5, 5.41) is 3.06. The molecule has 3 N–H and O–H groups in total. The van der Waals surface area contributed by atoms with Crippen molar-refractivity contribution >= 4 is 5.91 Å². The Balaban J connectivity index is 1.69. The highest BCUT2D eigenvalue weighted by molar-refractivity contribution is 5.84. The minimum absolute atomic E-state index is 0.252. The molecule has 2 aliphatic heterocycles. The lowest BCUT2D eigenvalue weighted by Gasteiger charge is -2.32. The van der Waals surface area contributed by atoms with E-state index in [-0.39, 0.29) is 5.91 Å². The Labute approximate surface area is 129 Å². The van der Waals surface area contributed by atoms with Crippen molar-refractivity contribution in [3.8, 4) is 0 Å². The highest BCUT2D eigenvalue weighted by atomic mass is 16.1. The Hall–Kier alpha value is -0.650. The number of primary amides is 1. The van der Waals surface area contributed by atoms with Crippen molar-refractivity contribution in [3.05, 3.63) is 0 Å². The van der Waals surface area contributed by atoms with Crippen LogP contribution in [-0.2, 0) is 4.79 Å². The second-order valence-electron chi connectivity index (χ2n) is 6.89. The van der Waals surface area contributed by atoms with Crippen molar-refractivity contribution in [2.75, 3.05) is 39.8 Å². The molecular formula is C16H32N4O. The second-order valence-corrected chi connectivity index (χ2v) is 6.89. The van der Waals surface area contributed by atoms with Crippen molar-refractivity contribution < 1.29 is 4.79 Å². The molecule has 0 aliphatic carbocycles. The van der Waals surface area contributed by atoms with Gasteiger partial charge in [0, 0.05) is 12.6 Å². The number of carbonyl (C=O) groups excluding carboxylic acids is 1. The van der Waals surface area contributed by atoms with E-state index in [1.54, 1.807) is 0 Å². The summed E-state index contributed by atoms with van der Waals surface area (Å²) in [6.07, 6.45) is 7.28. The minimum Gasteiger partial charge on any atom is -0.368 e. The second kappa shape index (κ2) is 7.56. The lowest BCUT2D eigenvalue weighted by molar-refractivity contribution is -0.123. The molecule has 0 aromatic carbocycles. The predicted molar refractivity (Wildman–Crippen MR) is 86.2 cm³/mol. The van der Waals surface area contributed by atoms with Crippen LogP contribution in [0.25, 0.3) is 0 Å². The number of likely N-dealkylation sites (tertiary alicyclic amines) is 2. The fourth-order valence-electron chi connectivity index (χ4n) is 3.62. The molecule has 2 saturated heterocycles. The van der Waals surface area contributed by atoms with Crippen LogP contribution in [0.2, 0.25) is 0 Å². The third-order valence-electron chi connectivity index (χ3n) is 5.40. The molecule has 0 spiro atoms. The van der Waals surface area contributed by atoms with Crippen molar-refractivity contribution in [2.45, 2.75) is 57.0 Å². The van der Waals surface area contributed by atoms with Gasteiger partial charge in [0.05, 0.1) is 5.54 Å². The number of likely N-dealkylation sites (N-methyl/N-ethyl adjacent to an activating group) is 1. The minimum atomic E-state index is -0.563. The van der Waals surface area contributed by atoms with Gasteiger partial charge in [-0.15, -0.1) is 0 Å². The first-order valence-corrected chi connectivity index (χ1v) is 8.50. The molecule has 2 heterocycles. The lowest BCUT2D eigenvalue weighted by atomic mass is 9.95. The Bertz CT molecular complexity index is 343. The van der Waals surface area contributed by atoms with E-state index in [2.05, 4.69) is 15.1 Å². The molecule has 2 aliphatic rings. The van der Waals surface area contributed by atoms with Gasteiger partial charge in [0.2, 0.25) is 5.91 Å². The summed E-state index contributed by atoms with van der Waals surface area (Å²) in [6.45, 7) is 7.96. The third-order valence-corrected chi connectivity index (χ3v) is 5.40. The van der Waals surface area contributed by atoms with Gasteiger partial charge in [-0.3, -0.25) is 9.69 Å². The molecule has 2 atom stereocenters. The molecule has 2 fully saturated rings. The van der Waals surface area contributed by atoms with Gasteiger partial charge >= 0.3 is 0 Å². The van der Waals surface area contributed by atoms with E-state index in [0.717, 1.165) is 25.4 Å². The molecule has 2 rings (SSSR count). The van der Waals surface area contributed by atoms with Crippen LogP contribution in [0.5, 0.6) is 0 Å². The average Bonchev–Trinajstić information content (AvgIpc) is 2.96. The summed E-state index contributed by atoms with van der Waals surface area (Å²) >= 11 is 0. The van der Waals surface area contributed by atoms with Gasteiger partial charge in [-0.05, 0) is 72.3 Å². The first-order chi connectivity index (χ1) is 10.0. The largest absolute Gasteiger partial charge is 0.368 e. The van der Waals surface area contributed by atoms with Gasteiger partial charge in [0.1, 0.15) is 0 Å². The van der Waals surface area contributed by atoms with Gasteiger partial charge in [0.25, 0.3) is 0 Å². The van der Waals surface area contributed by atoms with E-state index < -0.39 is 5.54 Å². The molecular weight excluding hydrogens is 264 g/mol. The van der Waals surface area contributed by atoms with Gasteiger partial charge in [-0.25, -0.2) is 0 Å². The van der Waals surface area contributed by atoms with Gasteiger partial charge in [-0.1, -0.05) is 6.42 Å². The van der Waals surface area contributed by atoms with Crippen LogP contribution >= 0.6 is 0 Å². The highest BCUT2D eigenvalue weighted by Crippen LogP contribution is 2.21. The highest BCUT2D eigenvalue weighted by Gasteiger charge is 2.30. The van der Waals surface area contributed by atoms with E-state index in [4.69, 9.17) is 5.73 Å². The maximum atomic E-state index is 11.5. The van der Waals surface area contributed by atoms with Gasteiger partial charge in [-0.2, -0.15) is 0 Å². The number of piperidine rings is 1. The number of carbonyl (C=O) groups is 1. The summed E-state index contributed by atoms with van der Waals surface area (Å²) in [5.74, 6) is -0.252. The van der Waals surface area contributed by atoms with E-state index in [9.17, 15) is 4.79 Å². The fourth-order valence-corrected chi connectivity index (χ4v) is 3.62. The molecule has 0 aromatic heterocycles.